The molecule has 0 unspecified atom stereocenters. The molecule has 0 bridgehead atoms. The van der Waals surface area contributed by atoms with E-state index in [0.717, 1.165) is 30.3 Å². The van der Waals surface area contributed by atoms with Gasteiger partial charge in [-0.3, -0.25) is 14.4 Å². The average molecular weight is 453 g/mol. The largest absolute Gasteiger partial charge is 0.481 e. The Bertz CT molecular complexity index is 463. The molecule has 0 aliphatic carbocycles. The van der Waals surface area contributed by atoms with E-state index in [9.17, 15) is 14.4 Å². The average Bonchev–Trinajstić information content (AvgIpc) is 3.17. The number of carboxylic acids is 1. The quantitative estimate of drug-likeness (QED) is 0.228. The Kier molecular flexibility index (Phi) is 15.7. The van der Waals surface area contributed by atoms with Crippen molar-refractivity contribution in [2.75, 3.05) is 43.6 Å². The minimum Gasteiger partial charge on any atom is -0.481 e. The van der Waals surface area contributed by atoms with Crippen LogP contribution in [-0.4, -0.2) is 71.7 Å². The van der Waals surface area contributed by atoms with Gasteiger partial charge in [0.25, 0.3) is 0 Å². The van der Waals surface area contributed by atoms with Crippen LogP contribution >= 0.6 is 33.3 Å². The van der Waals surface area contributed by atoms with Crippen molar-refractivity contribution in [1.29, 1.82) is 0 Å². The van der Waals surface area contributed by atoms with E-state index in [0.29, 0.717) is 31.9 Å². The molecule has 1 saturated heterocycles. The van der Waals surface area contributed by atoms with Crippen molar-refractivity contribution in [3.8, 4) is 0 Å². The second-order valence-corrected chi connectivity index (χ2v) is 10.4. The van der Waals surface area contributed by atoms with E-state index in [1.165, 1.54) is 18.6 Å². The molecule has 7 nitrogen and oxygen atoms in total. The number of unbranched alkanes of at least 4 members (excludes halogenated alkanes) is 1. The Morgan fingerprint density at radius 2 is 1.86 bits per heavy atom. The van der Waals surface area contributed by atoms with Crippen LogP contribution in [0.1, 0.15) is 44.9 Å². The van der Waals surface area contributed by atoms with Crippen LogP contribution in [0.5, 0.6) is 0 Å². The second kappa shape index (κ2) is 17.3. The highest BCUT2D eigenvalue weighted by molar-refractivity contribution is 8.77. The summed E-state index contributed by atoms with van der Waals surface area (Å²) in [6, 6.07) is 0. The normalized spacial score (nSPS) is 16.1. The zero-order valence-electron chi connectivity index (χ0n) is 16.3. The fraction of sp³-hybridized carbons (Fsp3) is 0.833. The molecule has 1 heterocycles. The molecule has 162 valence electrons. The number of thioether (sulfide) groups is 1. The molecule has 1 fully saturated rings. The summed E-state index contributed by atoms with van der Waals surface area (Å²) in [4.78, 5) is 33.7. The number of carboxylic acid groups (broad SMARTS) is 1. The van der Waals surface area contributed by atoms with Crippen molar-refractivity contribution >= 4 is 51.1 Å². The SMILES string of the molecule is O=C(O)CCSCCCNC(=O)COCCNC(=O)CCCC[C@@H]1CCSS1. The zero-order valence-corrected chi connectivity index (χ0v) is 18.7. The molecule has 0 aromatic heterocycles. The van der Waals surface area contributed by atoms with Gasteiger partial charge in [0.2, 0.25) is 11.8 Å². The monoisotopic (exact) mass is 452 g/mol. The predicted octanol–water partition coefficient (Wildman–Crippen LogP) is 2.55. The van der Waals surface area contributed by atoms with E-state index in [1.54, 1.807) is 11.8 Å². The highest BCUT2D eigenvalue weighted by Gasteiger charge is 2.15. The number of aliphatic carboxylic acids is 1. The van der Waals surface area contributed by atoms with Crippen LogP contribution in [0.4, 0.5) is 0 Å². The first-order valence-electron chi connectivity index (χ1n) is 9.77. The van der Waals surface area contributed by atoms with E-state index in [4.69, 9.17) is 9.84 Å². The van der Waals surface area contributed by atoms with Crippen molar-refractivity contribution in [2.45, 2.75) is 50.2 Å². The zero-order chi connectivity index (χ0) is 20.5. The Morgan fingerprint density at radius 3 is 2.61 bits per heavy atom. The number of ether oxygens (including phenoxy) is 1. The van der Waals surface area contributed by atoms with Gasteiger partial charge in [-0.15, -0.1) is 0 Å². The minimum absolute atomic E-state index is 0.0148. The van der Waals surface area contributed by atoms with Crippen molar-refractivity contribution in [3.63, 3.8) is 0 Å². The molecule has 1 aliphatic heterocycles. The first-order chi connectivity index (χ1) is 13.6. The van der Waals surface area contributed by atoms with Gasteiger partial charge in [0, 0.05) is 36.3 Å². The summed E-state index contributed by atoms with van der Waals surface area (Å²) in [6.45, 7) is 1.28. The van der Waals surface area contributed by atoms with Crippen LogP contribution in [0, 0.1) is 0 Å². The van der Waals surface area contributed by atoms with Gasteiger partial charge in [0.05, 0.1) is 13.0 Å². The Morgan fingerprint density at radius 1 is 1.04 bits per heavy atom. The number of hydrogen-bond acceptors (Lipinski definition) is 7. The Balaban J connectivity index is 1.81. The minimum atomic E-state index is -0.785. The molecule has 0 aromatic carbocycles. The molecule has 28 heavy (non-hydrogen) atoms. The van der Waals surface area contributed by atoms with Gasteiger partial charge in [-0.2, -0.15) is 11.8 Å². The molecule has 0 aromatic rings. The molecule has 0 radical (unpaired) electrons. The number of hydrogen-bond donors (Lipinski definition) is 3. The summed E-state index contributed by atoms with van der Waals surface area (Å²) in [5.74, 6) is 1.75. The Labute approximate surface area is 179 Å². The lowest BCUT2D eigenvalue weighted by molar-refractivity contribution is -0.136. The van der Waals surface area contributed by atoms with Crippen LogP contribution in [0.15, 0.2) is 0 Å². The highest BCUT2D eigenvalue weighted by atomic mass is 33.1. The van der Waals surface area contributed by atoms with Crippen molar-refractivity contribution < 1.29 is 24.2 Å². The van der Waals surface area contributed by atoms with E-state index in [2.05, 4.69) is 10.6 Å². The van der Waals surface area contributed by atoms with E-state index in [1.807, 2.05) is 21.6 Å². The molecule has 0 saturated carbocycles. The lowest BCUT2D eigenvalue weighted by atomic mass is 10.1. The molecular weight excluding hydrogens is 420 g/mol. The first kappa shape index (κ1) is 25.5. The summed E-state index contributed by atoms with van der Waals surface area (Å²) in [7, 11) is 3.93. The third kappa shape index (κ3) is 15.4. The predicted molar refractivity (Wildman–Crippen MR) is 118 cm³/mol. The number of nitrogens with one attached hydrogen (secondary N) is 2. The Hall–Kier alpha value is -0.580. The second-order valence-electron chi connectivity index (χ2n) is 6.44. The van der Waals surface area contributed by atoms with Gasteiger partial charge < -0.3 is 20.5 Å². The molecule has 3 N–H and O–H groups in total. The summed E-state index contributed by atoms with van der Waals surface area (Å²) in [5, 5.41) is 14.9. The van der Waals surface area contributed by atoms with Gasteiger partial charge >= 0.3 is 5.97 Å². The maximum atomic E-state index is 11.7. The summed E-state index contributed by atoms with van der Waals surface area (Å²) >= 11 is 1.57. The van der Waals surface area contributed by atoms with Crippen LogP contribution in [-0.2, 0) is 19.1 Å². The van der Waals surface area contributed by atoms with Crippen molar-refractivity contribution in [3.05, 3.63) is 0 Å². The lowest BCUT2D eigenvalue weighted by Gasteiger charge is -2.08. The summed E-state index contributed by atoms with van der Waals surface area (Å²) in [6.07, 6.45) is 6.02. The van der Waals surface area contributed by atoms with E-state index >= 15 is 0 Å². The van der Waals surface area contributed by atoms with E-state index in [-0.39, 0.29) is 24.8 Å². The summed E-state index contributed by atoms with van der Waals surface area (Å²) < 4.78 is 5.26. The fourth-order valence-corrected chi connectivity index (χ4v) is 6.35. The maximum Gasteiger partial charge on any atom is 0.304 e. The van der Waals surface area contributed by atoms with Crippen LogP contribution in [0.25, 0.3) is 0 Å². The first-order valence-corrected chi connectivity index (χ1v) is 13.3. The third-order valence-corrected chi connectivity index (χ3v) is 8.03. The number of carbonyl (C=O) groups is 3. The molecule has 1 aliphatic rings. The standard InChI is InChI=1S/C18H32N2O5S3/c21-16(5-2-1-4-15-6-13-27-28-15)20-9-10-25-14-17(22)19-8-3-11-26-12-7-18(23)24/h15H,1-14H2,(H,19,22)(H,20,21)(H,23,24)/t15-/m1/s1. The topological polar surface area (TPSA) is 105 Å². The van der Waals surface area contributed by atoms with Gasteiger partial charge in [-0.05, 0) is 31.4 Å². The highest BCUT2D eigenvalue weighted by Crippen LogP contribution is 2.39. The third-order valence-electron chi connectivity index (χ3n) is 3.96. The molecule has 1 rings (SSSR count). The fourth-order valence-electron chi connectivity index (χ4n) is 2.45. The van der Waals surface area contributed by atoms with Gasteiger partial charge in [-0.25, -0.2) is 0 Å². The van der Waals surface area contributed by atoms with Crippen LogP contribution in [0.3, 0.4) is 0 Å². The number of amides is 2. The van der Waals surface area contributed by atoms with Gasteiger partial charge in [0.1, 0.15) is 6.61 Å². The summed E-state index contributed by atoms with van der Waals surface area (Å²) in [5.41, 5.74) is 0. The maximum absolute atomic E-state index is 11.7. The number of carbonyl (C=O) groups excluding carboxylic acids is 2. The van der Waals surface area contributed by atoms with Crippen molar-refractivity contribution in [1.82, 2.24) is 10.6 Å². The van der Waals surface area contributed by atoms with Gasteiger partial charge in [-0.1, -0.05) is 28.0 Å². The van der Waals surface area contributed by atoms with Crippen LogP contribution in [0.2, 0.25) is 0 Å². The molecule has 0 spiro atoms. The smallest absolute Gasteiger partial charge is 0.304 e. The molecule has 1 atom stereocenters. The molecule has 2 amide bonds. The van der Waals surface area contributed by atoms with Crippen LogP contribution < -0.4 is 10.6 Å². The molecule has 10 heteroatoms. The van der Waals surface area contributed by atoms with Crippen molar-refractivity contribution in [2.24, 2.45) is 0 Å². The van der Waals surface area contributed by atoms with E-state index < -0.39 is 5.97 Å². The number of rotatable bonds is 17. The lowest BCUT2D eigenvalue weighted by Crippen LogP contribution is -2.31. The molecular formula is C18H32N2O5S3. The van der Waals surface area contributed by atoms with Gasteiger partial charge in [0.15, 0.2) is 0 Å².